The molecule has 0 saturated carbocycles. The molecule has 2 aromatic heterocycles. The molecule has 0 fully saturated rings. The van der Waals surface area contributed by atoms with Gasteiger partial charge in [-0.25, -0.2) is 4.98 Å². The zero-order valence-electron chi connectivity index (χ0n) is 15.4. The lowest BCUT2D eigenvalue weighted by Gasteiger charge is -2.25. The number of aromatic nitrogens is 2. The zero-order chi connectivity index (χ0) is 18.6. The third kappa shape index (κ3) is 3.78. The zero-order valence-corrected chi connectivity index (χ0v) is 15.4. The maximum Gasteiger partial charge on any atom is 0.137 e. The average Bonchev–Trinajstić information content (AvgIpc) is 3.21. The van der Waals surface area contributed by atoms with Crippen molar-refractivity contribution in [3.63, 3.8) is 0 Å². The summed E-state index contributed by atoms with van der Waals surface area (Å²) in [5.41, 5.74) is 3.05. The number of fused-ring (bicyclic) bond motifs is 1. The van der Waals surface area contributed by atoms with Crippen LogP contribution >= 0.6 is 0 Å². The van der Waals surface area contributed by atoms with E-state index in [-0.39, 0.29) is 6.04 Å². The fraction of sp³-hybridized carbons (Fsp3) is 0.273. The first kappa shape index (κ1) is 17.5. The first-order chi connectivity index (χ1) is 13.2. The van der Waals surface area contributed by atoms with Crippen LogP contribution in [-0.2, 0) is 0 Å². The Kier molecular flexibility index (Phi) is 5.03. The average molecular weight is 360 g/mol. The number of aliphatic hydroxyl groups is 1. The van der Waals surface area contributed by atoms with E-state index in [9.17, 15) is 5.11 Å². The van der Waals surface area contributed by atoms with Crippen LogP contribution in [0.3, 0.4) is 0 Å². The molecule has 27 heavy (non-hydrogen) atoms. The van der Waals surface area contributed by atoms with Crippen molar-refractivity contribution in [2.75, 3.05) is 13.6 Å². The Labute approximate surface area is 159 Å². The number of hydrogen-bond donors (Lipinski definition) is 2. The Hall–Kier alpha value is -2.92. The van der Waals surface area contributed by atoms with Crippen molar-refractivity contribution in [1.82, 2.24) is 14.9 Å². The van der Waals surface area contributed by atoms with Gasteiger partial charge in [0.15, 0.2) is 0 Å². The van der Waals surface area contributed by atoms with Crippen molar-refractivity contribution in [1.29, 1.82) is 0 Å². The normalized spacial score (nSPS) is 17.7. The van der Waals surface area contributed by atoms with Crippen molar-refractivity contribution in [3.8, 4) is 0 Å². The highest BCUT2D eigenvalue weighted by Crippen LogP contribution is 2.30. The fourth-order valence-corrected chi connectivity index (χ4v) is 3.53. The van der Waals surface area contributed by atoms with Crippen LogP contribution < -0.4 is 0 Å². The van der Waals surface area contributed by atoms with Crippen molar-refractivity contribution < 1.29 is 5.11 Å². The molecule has 0 aliphatic carbocycles. The molecule has 2 atom stereocenters. The molecule has 138 valence electrons. The van der Waals surface area contributed by atoms with Crippen LogP contribution in [0.5, 0.6) is 0 Å². The summed E-state index contributed by atoms with van der Waals surface area (Å²) in [6.45, 7) is 0.738. The number of H-pyrrole nitrogens is 1. The van der Waals surface area contributed by atoms with Crippen molar-refractivity contribution in [2.45, 2.75) is 25.0 Å². The van der Waals surface area contributed by atoms with E-state index in [1.165, 1.54) is 5.56 Å². The number of pyridine rings is 1. The van der Waals surface area contributed by atoms with E-state index in [0.717, 1.165) is 35.4 Å². The summed E-state index contributed by atoms with van der Waals surface area (Å²) < 4.78 is 0. The van der Waals surface area contributed by atoms with Gasteiger partial charge >= 0.3 is 0 Å². The molecule has 1 aliphatic rings. The van der Waals surface area contributed by atoms with Crippen LogP contribution in [0.15, 0.2) is 72.0 Å². The van der Waals surface area contributed by atoms with E-state index in [1.807, 2.05) is 49.8 Å². The van der Waals surface area contributed by atoms with Crippen LogP contribution in [0, 0.1) is 0 Å². The molecule has 3 aromatic rings. The molecule has 4 rings (SSSR count). The molecule has 3 heterocycles. The van der Waals surface area contributed by atoms with Gasteiger partial charge < -0.3 is 15.0 Å². The molecule has 1 aliphatic heterocycles. The Morgan fingerprint density at radius 1 is 1.22 bits per heavy atom. The molecule has 5 nitrogen and oxygen atoms in total. The predicted octanol–water partition coefficient (Wildman–Crippen LogP) is 4.02. The highest BCUT2D eigenvalue weighted by Gasteiger charge is 2.18. The second kappa shape index (κ2) is 7.76. The lowest BCUT2D eigenvalue weighted by atomic mass is 10.0. The molecule has 5 heteroatoms. The lowest BCUT2D eigenvalue weighted by Crippen LogP contribution is -2.29. The van der Waals surface area contributed by atoms with E-state index in [2.05, 4.69) is 39.2 Å². The topological polar surface area (TPSA) is 64.5 Å². The van der Waals surface area contributed by atoms with Gasteiger partial charge in [-0.2, -0.15) is 0 Å². The van der Waals surface area contributed by atoms with E-state index in [0.29, 0.717) is 6.42 Å². The van der Waals surface area contributed by atoms with Crippen LogP contribution in [0.2, 0.25) is 0 Å². The Morgan fingerprint density at radius 2 is 2.07 bits per heavy atom. The lowest BCUT2D eigenvalue weighted by molar-refractivity contribution is 0.159. The molecule has 0 saturated heterocycles. The molecule has 1 aromatic carbocycles. The highest BCUT2D eigenvalue weighted by atomic mass is 16.3. The third-order valence-electron chi connectivity index (χ3n) is 5.08. The fourth-order valence-electron chi connectivity index (χ4n) is 3.53. The van der Waals surface area contributed by atoms with E-state index < -0.39 is 6.10 Å². The predicted molar refractivity (Wildman–Crippen MR) is 109 cm³/mol. The number of dihydropyridines is 1. The maximum atomic E-state index is 10.4. The second-order valence-corrected chi connectivity index (χ2v) is 6.92. The number of benzene rings is 1. The van der Waals surface area contributed by atoms with Gasteiger partial charge in [0.1, 0.15) is 11.5 Å². The Morgan fingerprint density at radius 3 is 2.93 bits per heavy atom. The Bertz CT molecular complexity index is 961. The van der Waals surface area contributed by atoms with Gasteiger partial charge in [0.25, 0.3) is 0 Å². The maximum absolute atomic E-state index is 10.4. The smallest absolute Gasteiger partial charge is 0.137 e. The summed E-state index contributed by atoms with van der Waals surface area (Å²) in [4.78, 5) is 14.6. The number of aromatic amines is 1. The number of nitrogens with zero attached hydrogens (tertiary/aromatic N) is 3. The minimum Gasteiger partial charge on any atom is -0.388 e. The molecule has 2 N–H and O–H groups in total. The number of hydrogen-bond acceptors (Lipinski definition) is 4. The standard InChI is InChI=1S/C22H24N4O/c1-26(15-12-20(27)16-6-3-2-4-7-16)21-9-5-8-19(25-21)17-10-13-23-22-18(17)11-14-24-22/h2-7,9-11,13-14,19-20,27H,8,12,15H2,1H3,(H,23,24). The van der Waals surface area contributed by atoms with E-state index in [1.54, 1.807) is 0 Å². The minimum absolute atomic E-state index is 0.0906. The number of amidine groups is 1. The van der Waals surface area contributed by atoms with Crippen LogP contribution in [0.1, 0.15) is 36.1 Å². The van der Waals surface area contributed by atoms with Crippen LogP contribution in [0.4, 0.5) is 0 Å². The summed E-state index contributed by atoms with van der Waals surface area (Å²) >= 11 is 0. The van der Waals surface area contributed by atoms with Crippen molar-refractivity contribution in [2.24, 2.45) is 4.99 Å². The minimum atomic E-state index is -0.461. The number of aliphatic imine (C=N–C) groups is 1. The third-order valence-corrected chi connectivity index (χ3v) is 5.08. The monoisotopic (exact) mass is 360 g/mol. The summed E-state index contributed by atoms with van der Waals surface area (Å²) in [6, 6.07) is 14.0. The first-order valence-corrected chi connectivity index (χ1v) is 9.33. The Balaban J connectivity index is 1.46. The molecule has 0 spiro atoms. The van der Waals surface area contributed by atoms with E-state index >= 15 is 0 Å². The summed E-state index contributed by atoms with van der Waals surface area (Å²) in [5.74, 6) is 0.951. The highest BCUT2D eigenvalue weighted by molar-refractivity contribution is 5.94. The van der Waals surface area contributed by atoms with Gasteiger partial charge in [-0.1, -0.05) is 36.4 Å². The van der Waals surface area contributed by atoms with Gasteiger partial charge in [-0.3, -0.25) is 4.99 Å². The number of rotatable bonds is 5. The summed E-state index contributed by atoms with van der Waals surface area (Å²) in [7, 11) is 2.03. The first-order valence-electron chi connectivity index (χ1n) is 9.33. The number of likely N-dealkylation sites (N-methyl/N-ethyl adjacent to an activating group) is 1. The molecular formula is C22H24N4O. The molecular weight excluding hydrogens is 336 g/mol. The van der Waals surface area contributed by atoms with Gasteiger partial charge in [-0.15, -0.1) is 0 Å². The van der Waals surface area contributed by atoms with Crippen LogP contribution in [-0.4, -0.2) is 39.4 Å². The number of nitrogens with one attached hydrogen (secondary N) is 1. The molecule has 0 amide bonds. The quantitative estimate of drug-likeness (QED) is 0.722. The molecule has 0 radical (unpaired) electrons. The van der Waals surface area contributed by atoms with Crippen LogP contribution in [0.25, 0.3) is 11.0 Å². The summed E-state index contributed by atoms with van der Waals surface area (Å²) in [5, 5.41) is 11.5. The van der Waals surface area contributed by atoms with Gasteiger partial charge in [0.05, 0.1) is 12.1 Å². The molecule has 2 unspecified atom stereocenters. The van der Waals surface area contributed by atoms with Gasteiger partial charge in [0.2, 0.25) is 0 Å². The van der Waals surface area contributed by atoms with Crippen molar-refractivity contribution in [3.05, 3.63) is 78.1 Å². The molecule has 0 bridgehead atoms. The van der Waals surface area contributed by atoms with E-state index in [4.69, 9.17) is 4.99 Å². The van der Waals surface area contributed by atoms with Gasteiger partial charge in [-0.05, 0) is 42.2 Å². The largest absolute Gasteiger partial charge is 0.388 e. The second-order valence-electron chi connectivity index (χ2n) is 6.92. The number of aliphatic hydroxyl groups excluding tert-OH is 1. The van der Waals surface area contributed by atoms with Gasteiger partial charge in [0, 0.05) is 31.4 Å². The summed E-state index contributed by atoms with van der Waals surface area (Å²) in [6.07, 6.45) is 9.08. The van der Waals surface area contributed by atoms with Crippen molar-refractivity contribution >= 4 is 16.9 Å². The SMILES string of the molecule is CN(CCC(O)c1ccccc1)C1=NC(c2ccnc3[nH]ccc23)CC=C1.